The van der Waals surface area contributed by atoms with E-state index in [1.165, 1.54) is 110 Å². The van der Waals surface area contributed by atoms with E-state index in [0.717, 1.165) is 6.04 Å². The Morgan fingerprint density at radius 3 is 1.60 bits per heavy atom. The van der Waals surface area contributed by atoms with E-state index >= 15 is 0 Å². The van der Waals surface area contributed by atoms with Crippen molar-refractivity contribution in [3.05, 3.63) is 0 Å². The minimum atomic E-state index is -6.09. The van der Waals surface area contributed by atoms with E-state index in [2.05, 4.69) is 49.1 Å². The van der Waals surface area contributed by atoms with E-state index in [1.807, 2.05) is 0 Å². The summed E-state index contributed by atoms with van der Waals surface area (Å²) in [6, 6.07) is 0.741. The van der Waals surface area contributed by atoms with Crippen LogP contribution in [-0.4, -0.2) is 78.1 Å². The van der Waals surface area contributed by atoms with Crippen molar-refractivity contribution in [2.24, 2.45) is 0 Å². The fraction of sp³-hybridized carbons (Fsp3) is 0.960. The van der Waals surface area contributed by atoms with Crippen LogP contribution in [0.3, 0.4) is 0 Å². The molecular formula is C25H50F3N3O3S. The van der Waals surface area contributed by atoms with Gasteiger partial charge in [0.2, 0.25) is 0 Å². The van der Waals surface area contributed by atoms with Crippen LogP contribution in [0.4, 0.5) is 13.2 Å². The molecule has 0 bridgehead atoms. The summed E-state index contributed by atoms with van der Waals surface area (Å²) in [7, 11) is -3.69. The fourth-order valence-corrected chi connectivity index (χ4v) is 4.30. The van der Waals surface area contributed by atoms with Crippen LogP contribution in [0.15, 0.2) is 0 Å². The Morgan fingerprint density at radius 2 is 1.26 bits per heavy atom. The molecule has 0 radical (unpaired) electrons. The zero-order chi connectivity index (χ0) is 26.9. The summed E-state index contributed by atoms with van der Waals surface area (Å²) in [5, 5.41) is 0. The molecule has 0 heterocycles. The summed E-state index contributed by atoms with van der Waals surface area (Å²) < 4.78 is 61.7. The highest BCUT2D eigenvalue weighted by Gasteiger charge is 2.37. The van der Waals surface area contributed by atoms with Crippen LogP contribution in [0.5, 0.6) is 0 Å². The van der Waals surface area contributed by atoms with E-state index in [9.17, 15) is 13.2 Å². The maximum atomic E-state index is 10.7. The molecule has 0 spiro atoms. The van der Waals surface area contributed by atoms with Crippen molar-refractivity contribution in [2.45, 2.75) is 123 Å². The third-order valence-corrected chi connectivity index (χ3v) is 6.98. The predicted molar refractivity (Wildman–Crippen MR) is 137 cm³/mol. The van der Waals surface area contributed by atoms with Crippen molar-refractivity contribution < 1.29 is 30.7 Å². The molecule has 0 aromatic rings. The third-order valence-electron chi connectivity index (χ3n) is 6.41. The highest BCUT2D eigenvalue weighted by Crippen LogP contribution is 2.23. The molecule has 1 aliphatic carbocycles. The van der Waals surface area contributed by atoms with Gasteiger partial charge < -0.3 is 4.55 Å². The Labute approximate surface area is 212 Å². The minimum absolute atomic E-state index is 0.741. The lowest BCUT2D eigenvalue weighted by Crippen LogP contribution is -2.53. The molecule has 6 nitrogen and oxygen atoms in total. The topological polar surface area (TPSA) is 66.7 Å². The van der Waals surface area contributed by atoms with Crippen LogP contribution in [-0.2, 0) is 10.1 Å². The second-order valence-corrected chi connectivity index (χ2v) is 10.9. The number of hydrogen-bond donors (Lipinski definition) is 0. The molecule has 0 aliphatic heterocycles. The van der Waals surface area contributed by atoms with Gasteiger partial charge in [0.05, 0.1) is 39.3 Å². The zero-order valence-corrected chi connectivity index (χ0v) is 23.5. The van der Waals surface area contributed by atoms with Crippen LogP contribution in [0.25, 0.3) is 0 Å². The summed E-state index contributed by atoms with van der Waals surface area (Å²) >= 11 is 0. The molecule has 1 rings (SSSR count). The largest absolute Gasteiger partial charge is 0.741 e. The van der Waals surface area contributed by atoms with E-state index in [0.29, 0.717) is 0 Å². The summed E-state index contributed by atoms with van der Waals surface area (Å²) in [5.74, 6) is 1.56. The fourth-order valence-electron chi connectivity index (χ4n) is 4.30. The van der Waals surface area contributed by atoms with Crippen molar-refractivity contribution in [3.63, 3.8) is 0 Å². The maximum absolute atomic E-state index is 10.7. The molecule has 0 aromatic heterocycles. The minimum Gasteiger partial charge on any atom is -0.741 e. The van der Waals surface area contributed by atoms with Gasteiger partial charge in [-0.2, -0.15) is 13.2 Å². The van der Waals surface area contributed by atoms with Crippen LogP contribution in [0, 0.1) is 0 Å². The molecule has 210 valence electrons. The number of unbranched alkanes of at least 4 members (excludes halogenated alkanes) is 4. The number of rotatable bonds is 13. The van der Waals surface area contributed by atoms with Gasteiger partial charge in [0, 0.05) is 0 Å². The van der Waals surface area contributed by atoms with Gasteiger partial charge in [0.1, 0.15) is 0 Å². The van der Waals surface area contributed by atoms with Gasteiger partial charge in [-0.25, -0.2) is 8.42 Å². The molecule has 0 unspecified atom stereocenters. The lowest BCUT2D eigenvalue weighted by molar-refractivity contribution is -0.539. The molecule has 0 aromatic carbocycles. The quantitative estimate of drug-likeness (QED) is 0.0938. The van der Waals surface area contributed by atoms with Gasteiger partial charge in [-0.05, 0) is 38.5 Å². The molecule has 1 fully saturated rings. The molecular weight excluding hydrogens is 479 g/mol. The van der Waals surface area contributed by atoms with E-state index < -0.39 is 15.6 Å². The summed E-state index contributed by atoms with van der Waals surface area (Å²) in [4.78, 5) is 5.46. The van der Waals surface area contributed by atoms with Crippen molar-refractivity contribution >= 4 is 16.1 Å². The van der Waals surface area contributed by atoms with Crippen LogP contribution in [0.2, 0.25) is 0 Å². The smallest absolute Gasteiger partial charge is 0.485 e. The van der Waals surface area contributed by atoms with Gasteiger partial charge in [0.25, 0.3) is 0 Å². The number of alkyl halides is 3. The summed E-state index contributed by atoms with van der Waals surface area (Å²) in [6.45, 7) is 14.2. The number of guanidine groups is 1. The summed E-state index contributed by atoms with van der Waals surface area (Å²) in [6.07, 6.45) is 17.4. The number of hydrogen-bond acceptors (Lipinski definition) is 3. The molecule has 1 saturated carbocycles. The molecule has 0 amide bonds. The first-order chi connectivity index (χ1) is 16.4. The van der Waals surface area contributed by atoms with Gasteiger partial charge in [-0.3, -0.25) is 14.4 Å². The van der Waals surface area contributed by atoms with Gasteiger partial charge in [-0.1, -0.05) is 72.6 Å². The first kappa shape index (κ1) is 34.0. The highest BCUT2D eigenvalue weighted by atomic mass is 32.2. The molecule has 35 heavy (non-hydrogen) atoms. The predicted octanol–water partition coefficient (Wildman–Crippen LogP) is 6.17. The van der Waals surface area contributed by atoms with E-state index in [1.54, 1.807) is 5.96 Å². The first-order valence-corrected chi connectivity index (χ1v) is 15.0. The lowest BCUT2D eigenvalue weighted by Gasteiger charge is -2.35. The molecule has 1 aliphatic rings. The van der Waals surface area contributed by atoms with E-state index in [-0.39, 0.29) is 0 Å². The lowest BCUT2D eigenvalue weighted by atomic mass is 9.94. The van der Waals surface area contributed by atoms with Crippen molar-refractivity contribution in [1.82, 2.24) is 9.80 Å². The van der Waals surface area contributed by atoms with Crippen molar-refractivity contribution in [1.29, 1.82) is 0 Å². The molecule has 0 atom stereocenters. The SMILES string of the molecule is CCCCN(CCCC)C(N(C)C1CCCCC1)=[N+](CCCC)CCCC.O=S(=O)([O-])C(F)(F)F. The Morgan fingerprint density at radius 1 is 0.857 bits per heavy atom. The normalized spacial score (nSPS) is 14.8. The van der Waals surface area contributed by atoms with Crippen molar-refractivity contribution in [3.8, 4) is 0 Å². The average Bonchev–Trinajstić information content (AvgIpc) is 2.81. The number of halogens is 3. The monoisotopic (exact) mass is 529 g/mol. The van der Waals surface area contributed by atoms with Crippen molar-refractivity contribution in [2.75, 3.05) is 33.2 Å². The highest BCUT2D eigenvalue weighted by molar-refractivity contribution is 7.86. The van der Waals surface area contributed by atoms with E-state index in [4.69, 9.17) is 13.0 Å². The maximum Gasteiger partial charge on any atom is 0.485 e. The second kappa shape index (κ2) is 18.3. The Kier molecular flexibility index (Phi) is 17.7. The first-order valence-electron chi connectivity index (χ1n) is 13.6. The second-order valence-electron chi connectivity index (χ2n) is 9.49. The Balaban J connectivity index is 0.00000124. The summed E-state index contributed by atoms with van der Waals surface area (Å²) in [5.41, 5.74) is -5.65. The standard InChI is InChI=1S/C24H50N3.CHF3O3S/c1-6-10-19-26(20-11-7-2)24(25(5)23-17-15-14-16-18-23)27(21-12-8-3)22-13-9-4;2-1(3,4)8(5,6)7/h23H,6-22H2,1-5H3;(H,5,6,7)/q+1;/p-1. The number of nitrogens with zero attached hydrogens (tertiary/aromatic N) is 3. The zero-order valence-electron chi connectivity index (χ0n) is 22.7. The molecule has 0 N–H and O–H groups in total. The van der Waals surface area contributed by atoms with Crippen LogP contribution < -0.4 is 0 Å². The Bertz CT molecular complexity index is 661. The van der Waals surface area contributed by atoms with Crippen LogP contribution in [0.1, 0.15) is 111 Å². The van der Waals surface area contributed by atoms with Gasteiger partial charge in [-0.15, -0.1) is 0 Å². The molecule has 10 heteroatoms. The van der Waals surface area contributed by atoms with Crippen LogP contribution >= 0.6 is 0 Å². The average molecular weight is 530 g/mol. The van der Waals surface area contributed by atoms with Gasteiger partial charge >= 0.3 is 11.5 Å². The third kappa shape index (κ3) is 13.7. The molecule has 0 saturated heterocycles. The Hall–Kier alpha value is -1.03. The van der Waals surface area contributed by atoms with Gasteiger partial charge in [0.15, 0.2) is 10.1 Å².